The highest BCUT2D eigenvalue weighted by Gasteiger charge is 2.29. The second kappa shape index (κ2) is 9.24. The van der Waals surface area contributed by atoms with Gasteiger partial charge in [-0.1, -0.05) is 6.07 Å². The number of nitrogens with zero attached hydrogens (tertiary/aromatic N) is 2. The Kier molecular flexibility index (Phi) is 6.73. The van der Waals surface area contributed by atoms with Crippen LogP contribution in [-0.2, 0) is 11.3 Å². The highest BCUT2D eigenvalue weighted by Crippen LogP contribution is 2.23. The van der Waals surface area contributed by atoms with E-state index in [1.165, 1.54) is 6.42 Å². The molecule has 1 saturated heterocycles. The Hall–Kier alpha value is -2.34. The predicted octanol–water partition coefficient (Wildman–Crippen LogP) is 4.19. The Labute approximate surface area is 170 Å². The van der Waals surface area contributed by atoms with Gasteiger partial charge in [0.15, 0.2) is 6.61 Å². The van der Waals surface area contributed by atoms with Gasteiger partial charge in [0.2, 0.25) is 0 Å². The summed E-state index contributed by atoms with van der Waals surface area (Å²) in [4.78, 5) is 29.9. The maximum atomic E-state index is 12.6. The number of piperidine rings is 1. The van der Waals surface area contributed by atoms with Crippen LogP contribution in [0.2, 0.25) is 0 Å². The zero-order chi connectivity index (χ0) is 20.1. The minimum Gasteiger partial charge on any atom is -0.484 e. The molecule has 150 valence electrons. The van der Waals surface area contributed by atoms with E-state index in [0.717, 1.165) is 17.7 Å². The third-order valence-electron chi connectivity index (χ3n) is 5.26. The summed E-state index contributed by atoms with van der Waals surface area (Å²) in [6, 6.07) is 11.5. The first-order valence-electron chi connectivity index (χ1n) is 9.77. The van der Waals surface area contributed by atoms with Gasteiger partial charge in [-0.05, 0) is 68.8 Å². The number of hydrogen-bond acceptors (Lipinski definition) is 4. The van der Waals surface area contributed by atoms with E-state index in [1.807, 2.05) is 22.4 Å². The monoisotopic (exact) mass is 400 g/mol. The van der Waals surface area contributed by atoms with Crippen molar-refractivity contribution < 1.29 is 14.3 Å². The molecule has 0 spiro atoms. The third-order valence-corrected chi connectivity index (χ3v) is 6.13. The average molecular weight is 401 g/mol. The van der Waals surface area contributed by atoms with Crippen LogP contribution in [0.3, 0.4) is 0 Å². The second-order valence-electron chi connectivity index (χ2n) is 7.48. The van der Waals surface area contributed by atoms with E-state index >= 15 is 0 Å². The summed E-state index contributed by atoms with van der Waals surface area (Å²) in [5.74, 6) is 0.589. The molecule has 2 heterocycles. The first-order valence-corrected chi connectivity index (χ1v) is 10.7. The number of rotatable bonds is 6. The maximum Gasteiger partial charge on any atom is 0.260 e. The van der Waals surface area contributed by atoms with E-state index in [0.29, 0.717) is 17.9 Å². The molecule has 1 aromatic carbocycles. The fraction of sp³-hybridized carbons (Fsp3) is 0.455. The lowest BCUT2D eigenvalue weighted by molar-refractivity contribution is -0.139. The van der Waals surface area contributed by atoms with Crippen LogP contribution in [0.1, 0.15) is 48.3 Å². The largest absolute Gasteiger partial charge is 0.484 e. The van der Waals surface area contributed by atoms with Gasteiger partial charge in [-0.15, -0.1) is 11.3 Å². The number of thiophene rings is 1. The van der Waals surface area contributed by atoms with E-state index < -0.39 is 0 Å². The summed E-state index contributed by atoms with van der Waals surface area (Å²) in [6.07, 6.45) is 3.27. The highest BCUT2D eigenvalue weighted by atomic mass is 32.1. The van der Waals surface area contributed by atoms with Crippen LogP contribution in [0.15, 0.2) is 41.8 Å². The Bertz CT molecular complexity index is 779. The molecule has 2 unspecified atom stereocenters. The summed E-state index contributed by atoms with van der Waals surface area (Å²) in [6.45, 7) is 4.82. The topological polar surface area (TPSA) is 49.9 Å². The molecule has 0 bridgehead atoms. The Morgan fingerprint density at radius 1 is 1.14 bits per heavy atom. The van der Waals surface area contributed by atoms with Crippen molar-refractivity contribution in [2.75, 3.05) is 13.7 Å². The summed E-state index contributed by atoms with van der Waals surface area (Å²) in [5.41, 5.74) is 0.607. The number of amides is 2. The fourth-order valence-corrected chi connectivity index (χ4v) is 4.51. The van der Waals surface area contributed by atoms with Gasteiger partial charge in [-0.3, -0.25) is 9.59 Å². The molecular weight excluding hydrogens is 372 g/mol. The van der Waals surface area contributed by atoms with Gasteiger partial charge in [-0.2, -0.15) is 0 Å². The van der Waals surface area contributed by atoms with Crippen molar-refractivity contribution in [3.63, 3.8) is 0 Å². The molecule has 1 aromatic heterocycles. The number of carbonyl (C=O) groups excluding carboxylic acids is 2. The van der Waals surface area contributed by atoms with E-state index in [4.69, 9.17) is 4.74 Å². The van der Waals surface area contributed by atoms with E-state index in [-0.39, 0.29) is 30.5 Å². The molecule has 0 radical (unpaired) electrons. The Balaban J connectivity index is 1.54. The molecule has 0 aliphatic carbocycles. The number of ether oxygens (including phenoxy) is 1. The van der Waals surface area contributed by atoms with E-state index in [1.54, 1.807) is 47.5 Å². The van der Waals surface area contributed by atoms with Crippen LogP contribution in [0.5, 0.6) is 5.75 Å². The molecule has 6 heteroatoms. The summed E-state index contributed by atoms with van der Waals surface area (Å²) < 4.78 is 5.68. The fourth-order valence-electron chi connectivity index (χ4n) is 3.75. The van der Waals surface area contributed by atoms with Crippen LogP contribution in [-0.4, -0.2) is 47.4 Å². The standard InChI is InChI=1S/C22H28N2O3S/c1-16-6-4-7-17(2)24(16)21(25)15-27-19-11-9-18(10-12-19)22(26)23(3)14-20-8-5-13-28-20/h5,8-13,16-17H,4,6-7,14-15H2,1-3H3. The van der Waals surface area contributed by atoms with Crippen molar-refractivity contribution in [1.29, 1.82) is 0 Å². The highest BCUT2D eigenvalue weighted by molar-refractivity contribution is 7.09. The molecule has 0 saturated carbocycles. The van der Waals surface area contributed by atoms with Gasteiger partial charge in [0.1, 0.15) is 5.75 Å². The number of likely N-dealkylation sites (tertiary alicyclic amines) is 1. The molecule has 1 aliphatic heterocycles. The minimum absolute atomic E-state index is 0.0236. The lowest BCUT2D eigenvalue weighted by atomic mass is 9.97. The molecule has 3 rings (SSSR count). The predicted molar refractivity (Wildman–Crippen MR) is 112 cm³/mol. The van der Waals surface area contributed by atoms with Crippen molar-refractivity contribution in [1.82, 2.24) is 9.80 Å². The van der Waals surface area contributed by atoms with Crippen molar-refractivity contribution >= 4 is 23.2 Å². The van der Waals surface area contributed by atoms with Crippen LogP contribution >= 0.6 is 11.3 Å². The molecular formula is C22H28N2O3S. The number of carbonyl (C=O) groups is 2. The van der Waals surface area contributed by atoms with Crippen LogP contribution in [0.4, 0.5) is 0 Å². The van der Waals surface area contributed by atoms with Crippen molar-refractivity contribution in [3.8, 4) is 5.75 Å². The second-order valence-corrected chi connectivity index (χ2v) is 8.52. The summed E-state index contributed by atoms with van der Waals surface area (Å²) in [5, 5.41) is 2.01. The molecule has 1 fully saturated rings. The van der Waals surface area contributed by atoms with Gasteiger partial charge < -0.3 is 14.5 Å². The molecule has 5 nitrogen and oxygen atoms in total. The Morgan fingerprint density at radius 3 is 2.43 bits per heavy atom. The van der Waals surface area contributed by atoms with Gasteiger partial charge in [-0.25, -0.2) is 0 Å². The Morgan fingerprint density at radius 2 is 1.82 bits per heavy atom. The third kappa shape index (κ3) is 4.93. The number of hydrogen-bond donors (Lipinski definition) is 0. The molecule has 2 amide bonds. The zero-order valence-corrected chi connectivity index (χ0v) is 17.6. The van der Waals surface area contributed by atoms with Gasteiger partial charge in [0, 0.05) is 29.6 Å². The maximum absolute atomic E-state index is 12.6. The number of benzene rings is 1. The lowest BCUT2D eigenvalue weighted by Crippen LogP contribution is -2.49. The van der Waals surface area contributed by atoms with E-state index in [9.17, 15) is 9.59 Å². The lowest BCUT2D eigenvalue weighted by Gasteiger charge is -2.38. The van der Waals surface area contributed by atoms with Crippen LogP contribution in [0, 0.1) is 0 Å². The van der Waals surface area contributed by atoms with Gasteiger partial charge in [0.05, 0.1) is 6.54 Å². The van der Waals surface area contributed by atoms with Crippen molar-refractivity contribution in [2.45, 2.75) is 51.7 Å². The molecule has 0 N–H and O–H groups in total. The first-order chi connectivity index (χ1) is 13.5. The van der Waals surface area contributed by atoms with Gasteiger partial charge in [0.25, 0.3) is 11.8 Å². The minimum atomic E-state index is -0.0352. The van der Waals surface area contributed by atoms with Crippen molar-refractivity contribution in [2.24, 2.45) is 0 Å². The molecule has 2 aromatic rings. The molecule has 28 heavy (non-hydrogen) atoms. The van der Waals surface area contributed by atoms with E-state index in [2.05, 4.69) is 13.8 Å². The van der Waals surface area contributed by atoms with Crippen LogP contribution in [0.25, 0.3) is 0 Å². The zero-order valence-electron chi connectivity index (χ0n) is 16.8. The first kappa shape index (κ1) is 20.4. The summed E-state index contributed by atoms with van der Waals surface area (Å²) >= 11 is 1.64. The summed E-state index contributed by atoms with van der Waals surface area (Å²) in [7, 11) is 1.80. The quantitative estimate of drug-likeness (QED) is 0.731. The van der Waals surface area contributed by atoms with Crippen molar-refractivity contribution in [3.05, 3.63) is 52.2 Å². The SMILES string of the molecule is CC1CCCC(C)N1C(=O)COc1ccc(C(=O)N(C)Cc2cccs2)cc1. The molecule has 1 aliphatic rings. The normalized spacial score (nSPS) is 19.3. The van der Waals surface area contributed by atoms with Crippen LogP contribution < -0.4 is 4.74 Å². The average Bonchev–Trinajstić information content (AvgIpc) is 3.19. The smallest absolute Gasteiger partial charge is 0.260 e. The molecule has 2 atom stereocenters. The van der Waals surface area contributed by atoms with Gasteiger partial charge >= 0.3 is 0 Å².